The molecule has 0 radical (unpaired) electrons. The fourth-order valence-corrected chi connectivity index (χ4v) is 5.20. The normalized spacial score (nSPS) is 16.1. The number of thioether (sulfide) groups is 1. The van der Waals surface area contributed by atoms with Crippen LogP contribution in [0, 0.1) is 6.92 Å². The summed E-state index contributed by atoms with van der Waals surface area (Å²) in [5.41, 5.74) is 3.41. The molecule has 7 nitrogen and oxygen atoms in total. The molecule has 5 rings (SSSR count). The Hall–Kier alpha value is -3.39. The molecule has 1 aliphatic rings. The number of carbonyl (C=O) groups excluding carboxylic acids is 1. The Labute approximate surface area is 189 Å². The fraction of sp³-hybridized carbons (Fsp3) is 0.250. The summed E-state index contributed by atoms with van der Waals surface area (Å²) in [6, 6.07) is 17.4. The molecular formula is C24H23N5O2S. The van der Waals surface area contributed by atoms with Crippen molar-refractivity contribution in [3.63, 3.8) is 0 Å². The first kappa shape index (κ1) is 20.5. The molecule has 162 valence electrons. The number of carbonyl (C=O) groups is 1. The topological polar surface area (TPSA) is 81.8 Å². The average molecular weight is 446 g/mol. The van der Waals surface area contributed by atoms with Crippen molar-refractivity contribution in [1.82, 2.24) is 24.6 Å². The maximum atomic E-state index is 13.3. The SMILES string of the molecule is Cc1cccc(-n2ncc3c(=O)n4c(nc32)SCC4CC(=O)NC(C)c2ccccc2)c1. The van der Waals surface area contributed by atoms with E-state index in [4.69, 9.17) is 4.98 Å². The van der Waals surface area contributed by atoms with E-state index in [2.05, 4.69) is 10.4 Å². The monoisotopic (exact) mass is 445 g/mol. The van der Waals surface area contributed by atoms with Gasteiger partial charge in [0.1, 0.15) is 5.39 Å². The molecule has 2 unspecified atom stereocenters. The number of nitrogens with one attached hydrogen (secondary N) is 1. The minimum absolute atomic E-state index is 0.0812. The number of hydrogen-bond donors (Lipinski definition) is 1. The predicted molar refractivity (Wildman–Crippen MR) is 125 cm³/mol. The van der Waals surface area contributed by atoms with E-state index >= 15 is 0 Å². The largest absolute Gasteiger partial charge is 0.350 e. The zero-order chi connectivity index (χ0) is 22.2. The Morgan fingerprint density at radius 2 is 2.03 bits per heavy atom. The van der Waals surface area contributed by atoms with Crippen LogP contribution in [-0.2, 0) is 4.79 Å². The van der Waals surface area contributed by atoms with Gasteiger partial charge in [0.05, 0.1) is 24.0 Å². The zero-order valence-electron chi connectivity index (χ0n) is 17.9. The molecular weight excluding hydrogens is 422 g/mol. The lowest BCUT2D eigenvalue weighted by molar-refractivity contribution is -0.122. The molecule has 0 spiro atoms. The van der Waals surface area contributed by atoms with E-state index in [0.29, 0.717) is 21.9 Å². The number of rotatable bonds is 5. The standard InChI is InChI=1S/C24H23N5O2S/c1-15-7-6-10-18(11-15)29-22-20(13-25-29)23(31)28-19(14-32-24(28)27-22)12-21(30)26-16(2)17-8-4-3-5-9-17/h3-11,13,16,19H,12,14H2,1-2H3,(H,26,30). The first-order chi connectivity index (χ1) is 15.5. The number of hydrogen-bond acceptors (Lipinski definition) is 5. The van der Waals surface area contributed by atoms with Gasteiger partial charge in [-0.25, -0.2) is 9.67 Å². The highest BCUT2D eigenvalue weighted by atomic mass is 32.2. The van der Waals surface area contributed by atoms with Crippen LogP contribution >= 0.6 is 11.8 Å². The lowest BCUT2D eigenvalue weighted by Gasteiger charge is -2.17. The fourth-order valence-electron chi connectivity index (χ4n) is 4.07. The van der Waals surface area contributed by atoms with E-state index in [1.807, 2.05) is 68.4 Å². The zero-order valence-corrected chi connectivity index (χ0v) is 18.7. The maximum Gasteiger partial charge on any atom is 0.265 e. The van der Waals surface area contributed by atoms with Gasteiger partial charge < -0.3 is 5.32 Å². The van der Waals surface area contributed by atoms with Crippen molar-refractivity contribution < 1.29 is 4.79 Å². The molecule has 0 aliphatic carbocycles. The summed E-state index contributed by atoms with van der Waals surface area (Å²) in [6.45, 7) is 3.97. The van der Waals surface area contributed by atoms with E-state index in [0.717, 1.165) is 16.8 Å². The van der Waals surface area contributed by atoms with Crippen LogP contribution in [0.5, 0.6) is 0 Å². The molecule has 1 aliphatic heterocycles. The van der Waals surface area contributed by atoms with Crippen molar-refractivity contribution in [3.05, 3.63) is 82.3 Å². The Kier molecular flexibility index (Phi) is 5.30. The van der Waals surface area contributed by atoms with Crippen LogP contribution in [0.3, 0.4) is 0 Å². The van der Waals surface area contributed by atoms with E-state index in [1.54, 1.807) is 15.4 Å². The number of aromatic nitrogens is 4. The van der Waals surface area contributed by atoms with Crippen molar-refractivity contribution in [2.24, 2.45) is 0 Å². The highest BCUT2D eigenvalue weighted by molar-refractivity contribution is 7.99. The van der Waals surface area contributed by atoms with Crippen LogP contribution in [0.1, 0.15) is 36.6 Å². The molecule has 0 bridgehead atoms. The van der Waals surface area contributed by atoms with Crippen LogP contribution in [0.2, 0.25) is 0 Å². The molecule has 2 atom stereocenters. The highest BCUT2D eigenvalue weighted by Gasteiger charge is 2.30. The maximum absolute atomic E-state index is 13.3. The van der Waals surface area contributed by atoms with Crippen molar-refractivity contribution in [2.45, 2.75) is 37.5 Å². The molecule has 1 N–H and O–H groups in total. The second kappa shape index (κ2) is 8.27. The van der Waals surface area contributed by atoms with Gasteiger partial charge in [0.2, 0.25) is 5.91 Å². The molecule has 32 heavy (non-hydrogen) atoms. The van der Waals surface area contributed by atoms with Gasteiger partial charge in [-0.05, 0) is 37.1 Å². The van der Waals surface area contributed by atoms with Crippen LogP contribution < -0.4 is 10.9 Å². The van der Waals surface area contributed by atoms with Gasteiger partial charge in [-0.15, -0.1) is 0 Å². The van der Waals surface area contributed by atoms with Crippen LogP contribution in [0.4, 0.5) is 0 Å². The van der Waals surface area contributed by atoms with Crippen molar-refractivity contribution >= 4 is 28.7 Å². The molecule has 0 fully saturated rings. The second-order valence-corrected chi connectivity index (χ2v) is 9.06. The Morgan fingerprint density at radius 3 is 2.81 bits per heavy atom. The van der Waals surface area contributed by atoms with Gasteiger partial charge in [0.15, 0.2) is 10.8 Å². The lowest BCUT2D eigenvalue weighted by atomic mass is 10.1. The first-order valence-corrected chi connectivity index (χ1v) is 11.5. The second-order valence-electron chi connectivity index (χ2n) is 8.07. The molecule has 1 amide bonds. The smallest absolute Gasteiger partial charge is 0.265 e. The Morgan fingerprint density at radius 1 is 1.22 bits per heavy atom. The van der Waals surface area contributed by atoms with E-state index in [-0.39, 0.29) is 30.0 Å². The van der Waals surface area contributed by atoms with E-state index in [9.17, 15) is 9.59 Å². The summed E-state index contributed by atoms with van der Waals surface area (Å²) in [6.07, 6.45) is 1.80. The Bertz CT molecular complexity index is 1360. The summed E-state index contributed by atoms with van der Waals surface area (Å²) >= 11 is 1.50. The summed E-state index contributed by atoms with van der Waals surface area (Å²) < 4.78 is 3.36. The predicted octanol–water partition coefficient (Wildman–Crippen LogP) is 3.80. The average Bonchev–Trinajstić information content (AvgIpc) is 3.39. The summed E-state index contributed by atoms with van der Waals surface area (Å²) in [5, 5.41) is 8.55. The Balaban J connectivity index is 1.41. The van der Waals surface area contributed by atoms with Crippen molar-refractivity contribution in [1.29, 1.82) is 0 Å². The highest BCUT2D eigenvalue weighted by Crippen LogP contribution is 2.33. The van der Waals surface area contributed by atoms with Crippen LogP contribution in [-0.4, -0.2) is 31.0 Å². The molecule has 0 saturated heterocycles. The van der Waals surface area contributed by atoms with E-state index in [1.165, 1.54) is 11.8 Å². The quantitative estimate of drug-likeness (QED) is 0.473. The summed E-state index contributed by atoms with van der Waals surface area (Å²) in [5.74, 6) is 0.558. The summed E-state index contributed by atoms with van der Waals surface area (Å²) in [7, 11) is 0. The van der Waals surface area contributed by atoms with Gasteiger partial charge in [-0.2, -0.15) is 5.10 Å². The first-order valence-electron chi connectivity index (χ1n) is 10.6. The van der Waals surface area contributed by atoms with Gasteiger partial charge in [-0.3, -0.25) is 14.2 Å². The minimum atomic E-state index is -0.232. The van der Waals surface area contributed by atoms with Crippen molar-refractivity contribution in [2.75, 3.05) is 5.75 Å². The number of amides is 1. The van der Waals surface area contributed by atoms with Gasteiger partial charge in [-0.1, -0.05) is 54.2 Å². The number of nitrogens with zero attached hydrogens (tertiary/aromatic N) is 4. The van der Waals surface area contributed by atoms with Gasteiger partial charge in [0, 0.05) is 12.2 Å². The van der Waals surface area contributed by atoms with Gasteiger partial charge >= 0.3 is 0 Å². The molecule has 2 aromatic heterocycles. The third kappa shape index (κ3) is 3.71. The summed E-state index contributed by atoms with van der Waals surface area (Å²) in [4.78, 5) is 30.8. The molecule has 0 saturated carbocycles. The third-order valence-corrected chi connectivity index (χ3v) is 6.81. The number of benzene rings is 2. The number of fused-ring (bicyclic) bond motifs is 2. The number of aryl methyl sites for hydroxylation is 1. The van der Waals surface area contributed by atoms with Crippen molar-refractivity contribution in [3.8, 4) is 5.69 Å². The van der Waals surface area contributed by atoms with E-state index < -0.39 is 0 Å². The van der Waals surface area contributed by atoms with Crippen LogP contribution in [0.15, 0.2) is 70.7 Å². The molecule has 4 aromatic rings. The molecule has 3 heterocycles. The van der Waals surface area contributed by atoms with Crippen LogP contribution in [0.25, 0.3) is 16.7 Å². The third-order valence-electron chi connectivity index (χ3n) is 5.71. The molecule has 2 aromatic carbocycles. The molecule has 8 heteroatoms. The lowest BCUT2D eigenvalue weighted by Crippen LogP contribution is -2.32. The van der Waals surface area contributed by atoms with Gasteiger partial charge in [0.25, 0.3) is 5.56 Å². The minimum Gasteiger partial charge on any atom is -0.350 e.